The van der Waals surface area contributed by atoms with Gasteiger partial charge in [0.1, 0.15) is 5.75 Å². The van der Waals surface area contributed by atoms with Gasteiger partial charge < -0.3 is 4.74 Å². The van der Waals surface area contributed by atoms with Gasteiger partial charge in [0.05, 0.1) is 18.6 Å². The highest BCUT2D eigenvalue weighted by Crippen LogP contribution is 2.25. The van der Waals surface area contributed by atoms with E-state index in [-0.39, 0.29) is 11.7 Å². The summed E-state index contributed by atoms with van der Waals surface area (Å²) >= 11 is 8.90. The fourth-order valence-electron chi connectivity index (χ4n) is 1.38. The van der Waals surface area contributed by atoms with E-state index in [1.165, 1.54) is 7.11 Å². The first-order valence-corrected chi connectivity index (χ1v) is 8.25. The predicted molar refractivity (Wildman–Crippen MR) is 78.0 cm³/mol. The maximum atomic E-state index is 11.9. The lowest BCUT2D eigenvalue weighted by Gasteiger charge is -2.12. The van der Waals surface area contributed by atoms with Crippen LogP contribution in [0.3, 0.4) is 0 Å². The molecule has 0 heterocycles. The van der Waals surface area contributed by atoms with Crippen LogP contribution in [-0.4, -0.2) is 27.2 Å². The number of nitrogens with one attached hydrogen (secondary N) is 1. The minimum absolute atomic E-state index is 0.00860. The Balaban J connectivity index is 2.87. The molecule has 102 valence electrons. The largest absolute Gasteiger partial charge is 0.497 e. The number of hydrogen-bond donors (Lipinski definition) is 1. The van der Waals surface area contributed by atoms with Crippen LogP contribution in [0.25, 0.3) is 0 Å². The summed E-state index contributed by atoms with van der Waals surface area (Å²) in [7, 11) is -1.88. The summed E-state index contributed by atoms with van der Waals surface area (Å²) in [5.41, 5.74) is 0.461. The van der Waals surface area contributed by atoms with Crippen LogP contribution in [0.2, 0.25) is 0 Å². The SMILES string of the molecule is COc1cc(Br)cc(NS(=O)(=O)CC(C)CCl)c1. The molecule has 0 bridgehead atoms. The lowest BCUT2D eigenvalue weighted by atomic mass is 10.3. The average Bonchev–Trinajstić information content (AvgIpc) is 2.26. The summed E-state index contributed by atoms with van der Waals surface area (Å²) in [5, 5.41) is 0. The zero-order valence-electron chi connectivity index (χ0n) is 10.1. The molecule has 1 N–H and O–H groups in total. The third-order valence-electron chi connectivity index (χ3n) is 2.15. The zero-order chi connectivity index (χ0) is 13.8. The van der Waals surface area contributed by atoms with Gasteiger partial charge in [-0.3, -0.25) is 4.72 Å². The Morgan fingerprint density at radius 1 is 1.44 bits per heavy atom. The Bertz CT molecular complexity index is 507. The van der Waals surface area contributed by atoms with Gasteiger partial charge in [0.2, 0.25) is 10.0 Å². The summed E-state index contributed by atoms with van der Waals surface area (Å²) in [4.78, 5) is 0. The van der Waals surface area contributed by atoms with E-state index < -0.39 is 10.0 Å². The molecule has 0 saturated heterocycles. The normalized spacial score (nSPS) is 13.1. The van der Waals surface area contributed by atoms with E-state index in [9.17, 15) is 8.42 Å². The first kappa shape index (κ1) is 15.6. The summed E-state index contributed by atoms with van der Waals surface area (Å²) < 4.78 is 32.0. The molecule has 0 aliphatic carbocycles. The molecule has 1 rings (SSSR count). The summed E-state index contributed by atoms with van der Waals surface area (Å²) in [5.74, 6) is 0.777. The molecule has 0 aliphatic heterocycles. The first-order chi connectivity index (χ1) is 8.36. The summed E-state index contributed by atoms with van der Waals surface area (Å²) in [6.45, 7) is 1.79. The van der Waals surface area contributed by atoms with Gasteiger partial charge in [-0.15, -0.1) is 11.6 Å². The Morgan fingerprint density at radius 3 is 2.67 bits per heavy atom. The highest BCUT2D eigenvalue weighted by atomic mass is 79.9. The molecule has 7 heteroatoms. The molecular weight excluding hydrogens is 342 g/mol. The van der Waals surface area contributed by atoms with Crippen molar-refractivity contribution in [3.8, 4) is 5.75 Å². The van der Waals surface area contributed by atoms with Crippen molar-refractivity contribution in [3.63, 3.8) is 0 Å². The number of sulfonamides is 1. The minimum atomic E-state index is -3.40. The van der Waals surface area contributed by atoms with Crippen LogP contribution < -0.4 is 9.46 Å². The van der Waals surface area contributed by atoms with Crippen molar-refractivity contribution >= 4 is 43.2 Å². The topological polar surface area (TPSA) is 55.4 Å². The maximum absolute atomic E-state index is 11.9. The van der Waals surface area contributed by atoms with Crippen molar-refractivity contribution in [2.24, 2.45) is 5.92 Å². The maximum Gasteiger partial charge on any atom is 0.233 e. The summed E-state index contributed by atoms with van der Waals surface area (Å²) in [6, 6.07) is 5.04. The third kappa shape index (κ3) is 5.04. The number of methoxy groups -OCH3 is 1. The van der Waals surface area contributed by atoms with Gasteiger partial charge in [0.25, 0.3) is 0 Å². The predicted octanol–water partition coefficient (Wildman–Crippen LogP) is 3.07. The van der Waals surface area contributed by atoms with Crippen molar-refractivity contribution in [2.45, 2.75) is 6.92 Å². The Hall–Kier alpha value is -0.460. The van der Waals surface area contributed by atoms with E-state index >= 15 is 0 Å². The molecule has 0 spiro atoms. The Morgan fingerprint density at radius 2 is 2.11 bits per heavy atom. The Kier molecular flexibility index (Phi) is 5.75. The molecule has 1 atom stereocenters. The second-order valence-corrected chi connectivity index (χ2v) is 7.01. The van der Waals surface area contributed by atoms with Crippen LogP contribution in [-0.2, 0) is 10.0 Å². The number of halogens is 2. The number of anilines is 1. The highest BCUT2D eigenvalue weighted by molar-refractivity contribution is 9.10. The van der Waals surface area contributed by atoms with Crippen molar-refractivity contribution in [1.82, 2.24) is 0 Å². The number of alkyl halides is 1. The van der Waals surface area contributed by atoms with Crippen LogP contribution in [0.5, 0.6) is 5.75 Å². The van der Waals surface area contributed by atoms with Gasteiger partial charge in [-0.2, -0.15) is 0 Å². The van der Waals surface area contributed by atoms with E-state index in [2.05, 4.69) is 20.7 Å². The lowest BCUT2D eigenvalue weighted by molar-refractivity contribution is 0.415. The molecule has 0 radical (unpaired) electrons. The van der Waals surface area contributed by atoms with E-state index in [0.717, 1.165) is 4.47 Å². The molecule has 18 heavy (non-hydrogen) atoms. The third-order valence-corrected chi connectivity index (χ3v) is 4.69. The quantitative estimate of drug-likeness (QED) is 0.797. The van der Waals surface area contributed by atoms with Crippen LogP contribution in [0.4, 0.5) is 5.69 Å². The Labute approximate surface area is 121 Å². The molecule has 1 aromatic rings. The van der Waals surface area contributed by atoms with Crippen molar-refractivity contribution < 1.29 is 13.2 Å². The summed E-state index contributed by atoms with van der Waals surface area (Å²) in [6.07, 6.45) is 0. The molecule has 0 aromatic heterocycles. The van der Waals surface area contributed by atoms with E-state index in [4.69, 9.17) is 16.3 Å². The second kappa shape index (κ2) is 6.63. The zero-order valence-corrected chi connectivity index (χ0v) is 13.3. The second-order valence-electron chi connectivity index (χ2n) is 4.02. The fraction of sp³-hybridized carbons (Fsp3) is 0.455. The molecule has 0 aliphatic rings. The van der Waals surface area contributed by atoms with Gasteiger partial charge in [-0.05, 0) is 18.1 Å². The molecule has 1 aromatic carbocycles. The minimum Gasteiger partial charge on any atom is -0.497 e. The standard InChI is InChI=1S/C11H15BrClNO3S/c1-8(6-13)7-18(15,16)14-10-3-9(12)4-11(5-10)17-2/h3-5,8,14H,6-7H2,1-2H3. The average molecular weight is 357 g/mol. The van der Waals surface area contributed by atoms with Crippen molar-refractivity contribution in [3.05, 3.63) is 22.7 Å². The van der Waals surface area contributed by atoms with Crippen LogP contribution >= 0.6 is 27.5 Å². The highest BCUT2D eigenvalue weighted by Gasteiger charge is 2.15. The molecule has 0 amide bonds. The van der Waals surface area contributed by atoms with Crippen LogP contribution in [0.1, 0.15) is 6.92 Å². The molecule has 4 nitrogen and oxygen atoms in total. The van der Waals surface area contributed by atoms with Gasteiger partial charge in [-0.1, -0.05) is 22.9 Å². The van der Waals surface area contributed by atoms with Gasteiger partial charge in [0, 0.05) is 16.4 Å². The molecule has 0 fully saturated rings. The van der Waals surface area contributed by atoms with Gasteiger partial charge in [0.15, 0.2) is 0 Å². The number of ether oxygens (including phenoxy) is 1. The number of hydrogen-bond acceptors (Lipinski definition) is 3. The number of benzene rings is 1. The molecular formula is C11H15BrClNO3S. The van der Waals surface area contributed by atoms with Crippen LogP contribution in [0, 0.1) is 5.92 Å². The van der Waals surface area contributed by atoms with Crippen LogP contribution in [0.15, 0.2) is 22.7 Å². The van der Waals surface area contributed by atoms with E-state index in [1.807, 2.05) is 0 Å². The fourth-order valence-corrected chi connectivity index (χ4v) is 3.52. The molecule has 1 unspecified atom stereocenters. The molecule has 0 saturated carbocycles. The van der Waals surface area contributed by atoms with E-state index in [0.29, 0.717) is 17.3 Å². The van der Waals surface area contributed by atoms with Crippen molar-refractivity contribution in [1.29, 1.82) is 0 Å². The van der Waals surface area contributed by atoms with Gasteiger partial charge in [-0.25, -0.2) is 8.42 Å². The van der Waals surface area contributed by atoms with E-state index in [1.54, 1.807) is 25.1 Å². The lowest BCUT2D eigenvalue weighted by Crippen LogP contribution is -2.22. The monoisotopic (exact) mass is 355 g/mol. The first-order valence-electron chi connectivity index (χ1n) is 5.27. The van der Waals surface area contributed by atoms with Crippen molar-refractivity contribution in [2.75, 3.05) is 23.5 Å². The number of rotatable bonds is 6. The van der Waals surface area contributed by atoms with Gasteiger partial charge >= 0.3 is 0 Å². The smallest absolute Gasteiger partial charge is 0.233 e.